The molecule has 2 atom stereocenters. The second-order valence-corrected chi connectivity index (χ2v) is 8.07. The fourth-order valence-electron chi connectivity index (χ4n) is 2.53. The third-order valence-corrected chi connectivity index (χ3v) is 5.52. The number of carbonyl (C=O) groups is 1. The molecule has 1 aromatic carbocycles. The summed E-state index contributed by atoms with van der Waals surface area (Å²) < 4.78 is 35.8. The second kappa shape index (κ2) is 7.19. The number of anilines is 1. The summed E-state index contributed by atoms with van der Waals surface area (Å²) in [6, 6.07) is 5.67. The van der Waals surface area contributed by atoms with E-state index in [0.717, 1.165) is 0 Å². The number of halogens is 1. The molecule has 0 bridgehead atoms. The Kier molecular flexibility index (Phi) is 5.52. The third-order valence-electron chi connectivity index (χ3n) is 3.68. The monoisotopic (exact) mass is 328 g/mol. The van der Waals surface area contributed by atoms with E-state index in [1.165, 1.54) is 18.2 Å². The van der Waals surface area contributed by atoms with E-state index in [9.17, 15) is 17.6 Å². The normalized spacial score (nSPS) is 21.5. The molecule has 122 valence electrons. The maximum Gasteiger partial charge on any atom is 0.225 e. The first-order valence-corrected chi connectivity index (χ1v) is 9.15. The lowest BCUT2D eigenvalue weighted by molar-refractivity contribution is -0.116. The van der Waals surface area contributed by atoms with Crippen LogP contribution in [0.15, 0.2) is 24.3 Å². The third kappa shape index (κ3) is 5.38. The van der Waals surface area contributed by atoms with Gasteiger partial charge < -0.3 is 10.6 Å². The van der Waals surface area contributed by atoms with Crippen LogP contribution >= 0.6 is 0 Å². The van der Waals surface area contributed by atoms with Crippen LogP contribution in [0.2, 0.25) is 0 Å². The van der Waals surface area contributed by atoms with Crippen molar-refractivity contribution >= 4 is 21.4 Å². The van der Waals surface area contributed by atoms with E-state index < -0.39 is 15.7 Å². The zero-order valence-electron chi connectivity index (χ0n) is 12.5. The average Bonchev–Trinajstić information content (AvgIpc) is 2.76. The lowest BCUT2D eigenvalue weighted by Gasteiger charge is -2.16. The Morgan fingerprint density at radius 3 is 2.86 bits per heavy atom. The minimum atomic E-state index is -2.87. The standard InChI is InChI=1S/C15H21FN2O3S/c1-11(17-9-12-5-6-22(20,21)10-12)7-15(19)18-14-4-2-3-13(16)8-14/h2-4,8,11-12,17H,5-7,9-10H2,1H3,(H,18,19)/t11-,12+/m0/s1. The van der Waals surface area contributed by atoms with Gasteiger partial charge in [0.15, 0.2) is 9.84 Å². The van der Waals surface area contributed by atoms with E-state index in [2.05, 4.69) is 10.6 Å². The van der Waals surface area contributed by atoms with Gasteiger partial charge >= 0.3 is 0 Å². The van der Waals surface area contributed by atoms with Crippen molar-refractivity contribution < 1.29 is 17.6 Å². The Morgan fingerprint density at radius 2 is 2.23 bits per heavy atom. The number of hydrogen-bond acceptors (Lipinski definition) is 4. The van der Waals surface area contributed by atoms with Crippen LogP contribution in [0.25, 0.3) is 0 Å². The molecule has 22 heavy (non-hydrogen) atoms. The van der Waals surface area contributed by atoms with Gasteiger partial charge in [0.25, 0.3) is 0 Å². The summed E-state index contributed by atoms with van der Waals surface area (Å²) >= 11 is 0. The quantitative estimate of drug-likeness (QED) is 0.831. The molecular weight excluding hydrogens is 307 g/mol. The summed E-state index contributed by atoms with van der Waals surface area (Å²) in [6.07, 6.45) is 0.924. The lowest BCUT2D eigenvalue weighted by Crippen LogP contribution is -2.34. The first-order chi connectivity index (χ1) is 10.3. The number of rotatable bonds is 6. The Labute approximate surface area is 130 Å². The van der Waals surface area contributed by atoms with Crippen LogP contribution in [0.5, 0.6) is 0 Å². The highest BCUT2D eigenvalue weighted by Crippen LogP contribution is 2.17. The molecule has 0 saturated carbocycles. The SMILES string of the molecule is C[C@@H](CC(=O)Nc1cccc(F)c1)NC[C@H]1CCS(=O)(=O)C1. The van der Waals surface area contributed by atoms with E-state index >= 15 is 0 Å². The highest BCUT2D eigenvalue weighted by atomic mass is 32.2. The van der Waals surface area contributed by atoms with Crippen LogP contribution in [-0.2, 0) is 14.6 Å². The van der Waals surface area contributed by atoms with E-state index in [-0.39, 0.29) is 35.8 Å². The molecule has 2 rings (SSSR count). The Bertz CT molecular complexity index is 633. The fraction of sp³-hybridized carbons (Fsp3) is 0.533. The van der Waals surface area contributed by atoms with Gasteiger partial charge in [-0.05, 0) is 44.0 Å². The Hall–Kier alpha value is -1.47. The average molecular weight is 328 g/mol. The maximum absolute atomic E-state index is 13.0. The van der Waals surface area contributed by atoms with Crippen molar-refractivity contribution in [1.82, 2.24) is 5.32 Å². The number of hydrogen-bond donors (Lipinski definition) is 2. The predicted octanol–water partition coefficient (Wildman–Crippen LogP) is 1.57. The lowest BCUT2D eigenvalue weighted by atomic mass is 10.1. The van der Waals surface area contributed by atoms with Crippen molar-refractivity contribution in [1.29, 1.82) is 0 Å². The van der Waals surface area contributed by atoms with Crippen LogP contribution in [0.1, 0.15) is 19.8 Å². The molecule has 1 aliphatic rings. The van der Waals surface area contributed by atoms with Gasteiger partial charge in [0.2, 0.25) is 5.91 Å². The molecule has 0 unspecified atom stereocenters. The zero-order valence-corrected chi connectivity index (χ0v) is 13.3. The van der Waals surface area contributed by atoms with Crippen LogP contribution in [0, 0.1) is 11.7 Å². The maximum atomic E-state index is 13.0. The van der Waals surface area contributed by atoms with Gasteiger partial charge in [-0.2, -0.15) is 0 Å². The molecule has 1 saturated heterocycles. The summed E-state index contributed by atoms with van der Waals surface area (Å²) in [5.41, 5.74) is 0.430. The van der Waals surface area contributed by atoms with Crippen molar-refractivity contribution in [2.45, 2.75) is 25.8 Å². The number of carbonyl (C=O) groups excluding carboxylic acids is 1. The van der Waals surface area contributed by atoms with E-state index in [4.69, 9.17) is 0 Å². The van der Waals surface area contributed by atoms with Gasteiger partial charge in [-0.25, -0.2) is 12.8 Å². The molecule has 0 spiro atoms. The summed E-state index contributed by atoms with van der Waals surface area (Å²) in [7, 11) is -2.87. The molecule has 0 aromatic heterocycles. The molecule has 1 fully saturated rings. The minimum absolute atomic E-state index is 0.0723. The van der Waals surface area contributed by atoms with E-state index in [1.807, 2.05) is 6.92 Å². The molecule has 7 heteroatoms. The molecule has 1 aliphatic heterocycles. The number of amides is 1. The van der Waals surface area contributed by atoms with Crippen molar-refractivity contribution in [3.63, 3.8) is 0 Å². The molecule has 2 N–H and O–H groups in total. The number of benzene rings is 1. The van der Waals surface area contributed by atoms with Crippen molar-refractivity contribution in [3.05, 3.63) is 30.1 Å². The molecule has 0 radical (unpaired) electrons. The van der Waals surface area contributed by atoms with E-state index in [1.54, 1.807) is 6.07 Å². The van der Waals surface area contributed by atoms with Gasteiger partial charge in [-0.15, -0.1) is 0 Å². The first kappa shape index (κ1) is 16.9. The van der Waals surface area contributed by atoms with Crippen molar-refractivity contribution in [2.75, 3.05) is 23.4 Å². The molecule has 1 amide bonds. The van der Waals surface area contributed by atoms with Gasteiger partial charge in [0.1, 0.15) is 5.82 Å². The highest BCUT2D eigenvalue weighted by molar-refractivity contribution is 7.91. The summed E-state index contributed by atoms with van der Waals surface area (Å²) in [6.45, 7) is 2.46. The largest absolute Gasteiger partial charge is 0.326 e. The zero-order chi connectivity index (χ0) is 16.2. The molecule has 5 nitrogen and oxygen atoms in total. The summed E-state index contributed by atoms with van der Waals surface area (Å²) in [5, 5.41) is 5.83. The molecule has 1 aromatic rings. The molecule has 1 heterocycles. The Morgan fingerprint density at radius 1 is 1.45 bits per heavy atom. The van der Waals surface area contributed by atoms with Crippen LogP contribution in [-0.4, -0.2) is 38.4 Å². The van der Waals surface area contributed by atoms with Crippen LogP contribution in [0.3, 0.4) is 0 Å². The highest BCUT2D eigenvalue weighted by Gasteiger charge is 2.27. The Balaban J connectivity index is 1.72. The van der Waals surface area contributed by atoms with Crippen molar-refractivity contribution in [3.8, 4) is 0 Å². The smallest absolute Gasteiger partial charge is 0.225 e. The van der Waals surface area contributed by atoms with E-state index in [0.29, 0.717) is 18.7 Å². The predicted molar refractivity (Wildman–Crippen MR) is 83.9 cm³/mol. The van der Waals surface area contributed by atoms with Crippen molar-refractivity contribution in [2.24, 2.45) is 5.92 Å². The summed E-state index contributed by atoms with van der Waals surface area (Å²) in [4.78, 5) is 11.9. The van der Waals surface area contributed by atoms with Crippen LogP contribution < -0.4 is 10.6 Å². The minimum Gasteiger partial charge on any atom is -0.326 e. The van der Waals surface area contributed by atoms with Crippen LogP contribution in [0.4, 0.5) is 10.1 Å². The number of nitrogens with one attached hydrogen (secondary N) is 2. The fourth-order valence-corrected chi connectivity index (χ4v) is 4.39. The van der Waals surface area contributed by atoms with Gasteiger partial charge in [-0.3, -0.25) is 4.79 Å². The van der Waals surface area contributed by atoms with Gasteiger partial charge in [0, 0.05) is 18.2 Å². The first-order valence-electron chi connectivity index (χ1n) is 7.33. The van der Waals surface area contributed by atoms with Gasteiger partial charge in [0.05, 0.1) is 11.5 Å². The second-order valence-electron chi connectivity index (χ2n) is 5.84. The molecule has 0 aliphatic carbocycles. The topological polar surface area (TPSA) is 75.3 Å². The summed E-state index contributed by atoms with van der Waals surface area (Å²) in [5.74, 6) is 0.00509. The molecular formula is C15H21FN2O3S. The van der Waals surface area contributed by atoms with Gasteiger partial charge in [-0.1, -0.05) is 6.07 Å². The number of sulfone groups is 1.